The van der Waals surface area contributed by atoms with Crippen molar-refractivity contribution in [2.45, 2.75) is 49.7 Å². The number of rotatable bonds is 6. The highest BCUT2D eigenvalue weighted by molar-refractivity contribution is 7.99. The molecule has 1 fully saturated rings. The first-order valence-electron chi connectivity index (χ1n) is 12.4. The van der Waals surface area contributed by atoms with E-state index in [1.54, 1.807) is 6.92 Å². The summed E-state index contributed by atoms with van der Waals surface area (Å²) in [5, 5.41) is 0.754. The average molecular weight is 521 g/mol. The van der Waals surface area contributed by atoms with Gasteiger partial charge in [-0.1, -0.05) is 11.8 Å². The molecule has 4 aromatic rings. The highest BCUT2D eigenvalue weighted by atomic mass is 32.2. The molecule has 192 valence electrons. The fourth-order valence-electron chi connectivity index (χ4n) is 4.99. The van der Waals surface area contributed by atoms with Crippen LogP contribution >= 0.6 is 11.8 Å². The maximum atomic E-state index is 11.9. The molecule has 0 saturated carbocycles. The number of nitrogen functional groups attached to an aromatic ring is 1. The van der Waals surface area contributed by atoms with Crippen LogP contribution in [0.5, 0.6) is 11.5 Å². The Balaban J connectivity index is 1.36. The van der Waals surface area contributed by atoms with Crippen LogP contribution in [0.3, 0.4) is 0 Å². The van der Waals surface area contributed by atoms with Crippen molar-refractivity contribution < 1.29 is 18.7 Å². The number of imidazole rings is 1. The van der Waals surface area contributed by atoms with E-state index in [4.69, 9.17) is 24.6 Å². The number of ether oxygens (including phenoxy) is 2. The first-order valence-corrected chi connectivity index (χ1v) is 13.2. The predicted octanol–water partition coefficient (Wildman–Crippen LogP) is 4.51. The third-order valence-corrected chi connectivity index (χ3v) is 7.98. The molecule has 0 bridgehead atoms. The van der Waals surface area contributed by atoms with Gasteiger partial charge in [-0.15, -0.1) is 0 Å². The Morgan fingerprint density at radius 1 is 1.22 bits per heavy atom. The van der Waals surface area contributed by atoms with E-state index in [1.807, 2.05) is 36.1 Å². The fraction of sp³-hybridized carbons (Fsp3) is 0.385. The highest BCUT2D eigenvalue weighted by Gasteiger charge is 2.25. The van der Waals surface area contributed by atoms with Crippen molar-refractivity contribution >= 4 is 34.7 Å². The van der Waals surface area contributed by atoms with Gasteiger partial charge in [-0.2, -0.15) is 0 Å². The largest absolute Gasteiger partial charge is 0.461 e. The van der Waals surface area contributed by atoms with Crippen LogP contribution in [0.2, 0.25) is 0 Å². The molecule has 5 heterocycles. The maximum Gasteiger partial charge on any atom is 0.231 e. The molecule has 0 spiro atoms. The molecule has 11 heteroatoms. The summed E-state index contributed by atoms with van der Waals surface area (Å²) in [6.45, 7) is 6.07. The van der Waals surface area contributed by atoms with Crippen LogP contribution in [0, 0.1) is 12.8 Å². The number of amides is 1. The molecule has 2 aliphatic rings. The number of nitrogens with two attached hydrogens (primary N) is 1. The van der Waals surface area contributed by atoms with E-state index >= 15 is 0 Å². The number of aromatic nitrogens is 4. The second kappa shape index (κ2) is 9.62. The molecule has 0 radical (unpaired) electrons. The Bertz CT molecular complexity index is 1480. The lowest BCUT2D eigenvalue weighted by molar-refractivity contribution is -0.130. The minimum Gasteiger partial charge on any atom is -0.461 e. The molecule has 37 heavy (non-hydrogen) atoms. The number of hydrogen-bond acceptors (Lipinski definition) is 9. The van der Waals surface area contributed by atoms with E-state index < -0.39 is 0 Å². The van der Waals surface area contributed by atoms with Crippen LogP contribution in [0.25, 0.3) is 22.5 Å². The van der Waals surface area contributed by atoms with Gasteiger partial charge in [0.15, 0.2) is 33.6 Å². The van der Waals surface area contributed by atoms with Crippen LogP contribution in [-0.4, -0.2) is 50.2 Å². The molecule has 0 aliphatic carbocycles. The Morgan fingerprint density at radius 3 is 2.84 bits per heavy atom. The summed E-state index contributed by atoms with van der Waals surface area (Å²) in [5.74, 6) is 3.83. The monoisotopic (exact) mass is 520 g/mol. The van der Waals surface area contributed by atoms with Crippen molar-refractivity contribution in [2.24, 2.45) is 5.92 Å². The van der Waals surface area contributed by atoms with E-state index in [0.29, 0.717) is 40.9 Å². The third-order valence-electron chi connectivity index (χ3n) is 6.93. The zero-order valence-electron chi connectivity index (χ0n) is 20.8. The number of anilines is 1. The molecule has 1 amide bonds. The van der Waals surface area contributed by atoms with Gasteiger partial charge in [0.25, 0.3) is 0 Å². The molecular weight excluding hydrogens is 492 g/mol. The van der Waals surface area contributed by atoms with Gasteiger partial charge < -0.3 is 29.1 Å². The lowest BCUT2D eigenvalue weighted by atomic mass is 9.95. The standard InChI is InChI=1S/C26H28N6O4S/c1-15-5-6-19(36-15)18-10-20-21(35-14-34-20)11-22(18)37-26-30-23-24(27)28-13-29-25(23)32(26)9-7-17-4-3-8-31(12-17)16(2)33/h5-6,10-11,13,17H,3-4,7-9,12,14H2,1-2H3,(H2,27,28,29). The topological polar surface area (TPSA) is 122 Å². The van der Waals surface area contributed by atoms with Crippen molar-refractivity contribution in [1.29, 1.82) is 0 Å². The van der Waals surface area contributed by atoms with Gasteiger partial charge >= 0.3 is 0 Å². The van der Waals surface area contributed by atoms with E-state index in [-0.39, 0.29) is 12.7 Å². The summed E-state index contributed by atoms with van der Waals surface area (Å²) in [5.41, 5.74) is 8.36. The highest BCUT2D eigenvalue weighted by Crippen LogP contribution is 2.45. The van der Waals surface area contributed by atoms with E-state index in [9.17, 15) is 4.79 Å². The second-order valence-electron chi connectivity index (χ2n) is 9.45. The molecule has 3 aromatic heterocycles. The molecule has 1 saturated heterocycles. The number of aryl methyl sites for hydroxylation is 2. The van der Waals surface area contributed by atoms with Crippen molar-refractivity contribution in [3.8, 4) is 22.8 Å². The number of furan rings is 1. The van der Waals surface area contributed by atoms with E-state index in [0.717, 1.165) is 59.5 Å². The zero-order valence-corrected chi connectivity index (χ0v) is 21.6. The minimum absolute atomic E-state index is 0.137. The number of likely N-dealkylation sites (tertiary alicyclic amines) is 1. The number of nitrogens with zero attached hydrogens (tertiary/aromatic N) is 5. The molecule has 2 N–H and O–H groups in total. The van der Waals surface area contributed by atoms with Gasteiger partial charge in [0.05, 0.1) is 0 Å². The number of benzene rings is 1. The zero-order chi connectivity index (χ0) is 25.5. The van der Waals surface area contributed by atoms with Gasteiger partial charge in [-0.05, 0) is 56.4 Å². The summed E-state index contributed by atoms with van der Waals surface area (Å²) in [7, 11) is 0. The van der Waals surface area contributed by atoms with Gasteiger partial charge in [0.2, 0.25) is 12.7 Å². The SMILES string of the molecule is CC(=O)N1CCCC(CCn2c(Sc3cc4c(cc3-c3ccc(C)o3)OCO4)nc3c(N)ncnc32)C1. The molecule has 10 nitrogen and oxygen atoms in total. The summed E-state index contributed by atoms with van der Waals surface area (Å²) in [6, 6.07) is 7.80. The molecule has 6 rings (SSSR count). The third kappa shape index (κ3) is 4.59. The van der Waals surface area contributed by atoms with Crippen LogP contribution in [0.4, 0.5) is 5.82 Å². The lowest BCUT2D eigenvalue weighted by Gasteiger charge is -2.32. The Kier molecular flexibility index (Phi) is 6.15. The summed E-state index contributed by atoms with van der Waals surface area (Å²) >= 11 is 1.51. The first kappa shape index (κ1) is 23.7. The summed E-state index contributed by atoms with van der Waals surface area (Å²) in [4.78, 5) is 28.3. The van der Waals surface area contributed by atoms with Gasteiger partial charge in [-0.25, -0.2) is 15.0 Å². The summed E-state index contributed by atoms with van der Waals surface area (Å²) < 4.78 is 19.4. The van der Waals surface area contributed by atoms with Crippen molar-refractivity contribution in [3.05, 3.63) is 36.4 Å². The van der Waals surface area contributed by atoms with Crippen LogP contribution in [-0.2, 0) is 11.3 Å². The fourth-order valence-corrected chi connectivity index (χ4v) is 6.05. The van der Waals surface area contributed by atoms with Crippen molar-refractivity contribution in [1.82, 2.24) is 24.4 Å². The number of carbonyl (C=O) groups excluding carboxylic acids is 1. The van der Waals surface area contributed by atoms with Gasteiger partial charge in [-0.3, -0.25) is 4.79 Å². The first-order chi connectivity index (χ1) is 18.0. The van der Waals surface area contributed by atoms with Gasteiger partial charge in [0, 0.05) is 37.0 Å². The maximum absolute atomic E-state index is 11.9. The lowest BCUT2D eigenvalue weighted by Crippen LogP contribution is -2.38. The smallest absolute Gasteiger partial charge is 0.231 e. The Hall–Kier alpha value is -3.73. The number of piperidine rings is 1. The van der Waals surface area contributed by atoms with Crippen LogP contribution < -0.4 is 15.2 Å². The molecule has 1 aromatic carbocycles. The molecular formula is C26H28N6O4S. The van der Waals surface area contributed by atoms with Crippen LogP contribution in [0.15, 0.2) is 45.1 Å². The van der Waals surface area contributed by atoms with Crippen molar-refractivity contribution in [2.75, 3.05) is 25.6 Å². The van der Waals surface area contributed by atoms with Gasteiger partial charge in [0.1, 0.15) is 17.8 Å². The predicted molar refractivity (Wildman–Crippen MR) is 138 cm³/mol. The summed E-state index contributed by atoms with van der Waals surface area (Å²) in [6.07, 6.45) is 4.49. The van der Waals surface area contributed by atoms with Crippen molar-refractivity contribution in [3.63, 3.8) is 0 Å². The molecule has 1 atom stereocenters. The Labute approximate surface area is 218 Å². The average Bonchev–Trinajstić information content (AvgIpc) is 3.61. The van der Waals surface area contributed by atoms with Crippen LogP contribution in [0.1, 0.15) is 31.9 Å². The normalized spacial score (nSPS) is 17.0. The minimum atomic E-state index is 0.137. The number of fused-ring (bicyclic) bond motifs is 2. The molecule has 2 aliphatic heterocycles. The second-order valence-corrected chi connectivity index (χ2v) is 10.5. The van der Waals surface area contributed by atoms with E-state index in [1.165, 1.54) is 18.1 Å². The number of carbonyl (C=O) groups is 1. The Morgan fingerprint density at radius 2 is 2.05 bits per heavy atom. The quantitative estimate of drug-likeness (QED) is 0.391. The number of hydrogen-bond donors (Lipinski definition) is 1. The van der Waals surface area contributed by atoms with E-state index in [2.05, 4.69) is 14.5 Å². The molecule has 1 unspecified atom stereocenters.